The molecule has 11 nitrogen and oxygen atoms in total. The van der Waals surface area contributed by atoms with Crippen molar-refractivity contribution in [2.45, 2.75) is 81.2 Å². The van der Waals surface area contributed by atoms with E-state index in [4.69, 9.17) is 33.2 Å². The monoisotopic (exact) mass is 643 g/mol. The Kier molecular flexibility index (Phi) is 7.81. The van der Waals surface area contributed by atoms with Gasteiger partial charge in [-0.25, -0.2) is 4.79 Å². The molecule has 1 aliphatic heterocycles. The normalized spacial score (nSPS) is 46.6. The number of carbonyl (C=O) groups excluding carboxylic acids is 2. The van der Waals surface area contributed by atoms with E-state index in [2.05, 4.69) is 11.8 Å². The fraction of sp³-hybridized carbons (Fsp3) is 0.771. The third-order valence-corrected chi connectivity index (χ3v) is 13.3. The van der Waals surface area contributed by atoms with Gasteiger partial charge in [0.1, 0.15) is 23.1 Å². The largest absolute Gasteiger partial charge is 0.497 e. The van der Waals surface area contributed by atoms with Crippen LogP contribution in [0.15, 0.2) is 24.3 Å². The predicted molar refractivity (Wildman–Crippen MR) is 164 cm³/mol. The van der Waals surface area contributed by atoms with Crippen LogP contribution in [0.5, 0.6) is 5.75 Å². The van der Waals surface area contributed by atoms with E-state index < -0.39 is 46.7 Å². The lowest BCUT2D eigenvalue weighted by Crippen LogP contribution is -2.77. The van der Waals surface area contributed by atoms with Gasteiger partial charge in [0.05, 0.1) is 37.6 Å². The number of hydrogen-bond donors (Lipinski definition) is 1. The second-order valence-electron chi connectivity index (χ2n) is 14.6. The first-order chi connectivity index (χ1) is 22.1. The summed E-state index contributed by atoms with van der Waals surface area (Å²) < 4.78 is 43.6. The molecule has 254 valence electrons. The Hall–Kier alpha value is -2.28. The summed E-state index contributed by atoms with van der Waals surface area (Å²) in [5.41, 5.74) is -3.03. The molecule has 1 aromatic rings. The quantitative estimate of drug-likeness (QED) is 0.379. The molecule has 1 aromatic carbocycles. The van der Waals surface area contributed by atoms with Crippen molar-refractivity contribution in [3.8, 4) is 5.75 Å². The topological polar surface area (TPSA) is 122 Å². The van der Waals surface area contributed by atoms with Crippen LogP contribution in [0.1, 0.15) is 49.9 Å². The number of hydrogen-bond acceptors (Lipinski definition) is 11. The fourth-order valence-corrected chi connectivity index (χ4v) is 12.4. The molecule has 0 amide bonds. The summed E-state index contributed by atoms with van der Waals surface area (Å²) in [6.07, 6.45) is 0.142. The van der Waals surface area contributed by atoms with Crippen LogP contribution in [0.25, 0.3) is 0 Å². The summed E-state index contributed by atoms with van der Waals surface area (Å²) in [6, 6.07) is 6.66. The molecule has 1 saturated heterocycles. The van der Waals surface area contributed by atoms with E-state index in [0.29, 0.717) is 24.3 Å². The summed E-state index contributed by atoms with van der Waals surface area (Å²) in [7, 11) is 8.44. The Morgan fingerprint density at radius 2 is 1.70 bits per heavy atom. The third kappa shape index (κ3) is 3.87. The number of methoxy groups -OCH3 is 5. The number of esters is 2. The minimum absolute atomic E-state index is 0.00534. The molecule has 1 N–H and O–H groups in total. The van der Waals surface area contributed by atoms with E-state index in [1.807, 2.05) is 0 Å². The SMILES string of the molecule is CCN1CC2(COC)CCC(OC)C34C5C[C@]6(O)C(OC)C[C@@](OC(C)=O)(C5[C@H]6OC(=O)c5ccc(OC)cc5)[C@@H]([C@H](OC)C23)[C@@H]14. The number of likely N-dealkylation sites (tertiary alicyclic amines) is 1. The maximum atomic E-state index is 13.9. The van der Waals surface area contributed by atoms with Crippen molar-refractivity contribution in [3.63, 3.8) is 0 Å². The smallest absolute Gasteiger partial charge is 0.338 e. The second-order valence-corrected chi connectivity index (χ2v) is 14.6. The molecule has 5 saturated carbocycles. The van der Waals surface area contributed by atoms with Gasteiger partial charge < -0.3 is 38.3 Å². The molecule has 46 heavy (non-hydrogen) atoms. The maximum Gasteiger partial charge on any atom is 0.338 e. The molecule has 11 heteroatoms. The van der Waals surface area contributed by atoms with Crippen LogP contribution in [0.2, 0.25) is 0 Å². The van der Waals surface area contributed by atoms with Crippen LogP contribution in [0.4, 0.5) is 0 Å². The van der Waals surface area contributed by atoms with Gasteiger partial charge in [-0.1, -0.05) is 6.92 Å². The molecule has 7 rings (SSSR count). The van der Waals surface area contributed by atoms with Gasteiger partial charge in [0.2, 0.25) is 0 Å². The first kappa shape index (κ1) is 32.3. The second kappa shape index (κ2) is 11.1. The highest BCUT2D eigenvalue weighted by molar-refractivity contribution is 5.89. The number of benzene rings is 1. The van der Waals surface area contributed by atoms with Crippen molar-refractivity contribution in [1.29, 1.82) is 0 Å². The number of carbonyl (C=O) groups is 2. The van der Waals surface area contributed by atoms with Crippen LogP contribution in [-0.2, 0) is 33.2 Å². The molecule has 13 atom stereocenters. The van der Waals surface area contributed by atoms with Gasteiger partial charge in [-0.05, 0) is 56.0 Å². The minimum atomic E-state index is -1.51. The molecular formula is C35H49NO10. The lowest BCUT2D eigenvalue weighted by Gasteiger charge is -2.69. The van der Waals surface area contributed by atoms with Crippen molar-refractivity contribution >= 4 is 11.9 Å². The number of piperidine rings is 1. The number of nitrogens with zero attached hydrogens (tertiary/aromatic N) is 1. The Morgan fingerprint density at radius 1 is 0.978 bits per heavy atom. The van der Waals surface area contributed by atoms with Crippen molar-refractivity contribution < 1.29 is 47.9 Å². The Balaban J connectivity index is 1.46. The third-order valence-electron chi connectivity index (χ3n) is 13.3. The first-order valence-corrected chi connectivity index (χ1v) is 16.6. The van der Waals surface area contributed by atoms with Gasteiger partial charge in [-0.3, -0.25) is 9.69 Å². The average Bonchev–Trinajstić information content (AvgIpc) is 3.42. The fourth-order valence-electron chi connectivity index (χ4n) is 12.4. The lowest BCUT2D eigenvalue weighted by molar-refractivity contribution is -0.287. The van der Waals surface area contributed by atoms with Crippen molar-refractivity contribution in [1.82, 2.24) is 4.90 Å². The Bertz CT molecular complexity index is 1360. The first-order valence-electron chi connectivity index (χ1n) is 16.6. The Labute approximate surface area is 271 Å². The van der Waals surface area contributed by atoms with E-state index in [1.54, 1.807) is 59.8 Å². The highest BCUT2D eigenvalue weighted by atomic mass is 16.6. The predicted octanol–water partition coefficient (Wildman–Crippen LogP) is 2.72. The van der Waals surface area contributed by atoms with Crippen molar-refractivity contribution in [2.75, 3.05) is 55.2 Å². The van der Waals surface area contributed by atoms with Crippen LogP contribution < -0.4 is 4.74 Å². The van der Waals surface area contributed by atoms with Gasteiger partial charge in [0, 0.05) is 83.0 Å². The van der Waals surface area contributed by atoms with E-state index in [1.165, 1.54) is 6.92 Å². The number of rotatable bonds is 10. The van der Waals surface area contributed by atoms with E-state index >= 15 is 0 Å². The zero-order chi connectivity index (χ0) is 32.8. The number of ether oxygens (including phenoxy) is 7. The zero-order valence-electron chi connectivity index (χ0n) is 28.0. The number of aliphatic hydroxyl groups is 1. The summed E-state index contributed by atoms with van der Waals surface area (Å²) in [4.78, 5) is 29.7. The molecule has 0 radical (unpaired) electrons. The minimum Gasteiger partial charge on any atom is -0.497 e. The molecule has 5 aliphatic carbocycles. The van der Waals surface area contributed by atoms with Crippen molar-refractivity contribution in [3.05, 3.63) is 29.8 Å². The summed E-state index contributed by atoms with van der Waals surface area (Å²) in [5.74, 6) is -1.38. The standard InChI is InChI=1S/C35H49NO10/c1-8-36-17-32(18-40-3)14-13-23(42-5)35-22-15-33(39)24(43-6)16-34(46-19(2)37,26(29(35)36)27(44-7)28(32)35)25(22)30(33)45-31(38)20-9-11-21(41-4)12-10-20/h9-12,22-30,39H,8,13-18H2,1-7H3/t22?,23?,24?,25?,26-,27-,28?,29+,30+,32?,33-,34+,35?/m0/s1. The van der Waals surface area contributed by atoms with Crippen LogP contribution in [0, 0.1) is 34.5 Å². The van der Waals surface area contributed by atoms with Gasteiger partial charge >= 0.3 is 11.9 Å². The maximum absolute atomic E-state index is 13.9. The molecule has 6 fully saturated rings. The molecule has 7 unspecified atom stereocenters. The van der Waals surface area contributed by atoms with Gasteiger partial charge in [0.15, 0.2) is 0 Å². The number of fused-ring (bicyclic) bond motifs is 2. The highest BCUT2D eigenvalue weighted by Gasteiger charge is 2.89. The van der Waals surface area contributed by atoms with E-state index in [9.17, 15) is 14.7 Å². The van der Waals surface area contributed by atoms with Crippen LogP contribution >= 0.6 is 0 Å². The molecule has 7 bridgehead atoms. The average molecular weight is 644 g/mol. The molecule has 1 heterocycles. The Morgan fingerprint density at radius 3 is 2.28 bits per heavy atom. The molecule has 0 aromatic heterocycles. The van der Waals surface area contributed by atoms with Crippen LogP contribution in [0.3, 0.4) is 0 Å². The summed E-state index contributed by atoms with van der Waals surface area (Å²) in [5, 5.41) is 12.8. The van der Waals surface area contributed by atoms with Gasteiger partial charge in [-0.2, -0.15) is 0 Å². The van der Waals surface area contributed by atoms with E-state index in [-0.39, 0.29) is 47.8 Å². The van der Waals surface area contributed by atoms with Crippen LogP contribution in [-0.4, -0.2) is 119 Å². The summed E-state index contributed by atoms with van der Waals surface area (Å²) in [6.45, 7) is 5.80. The van der Waals surface area contributed by atoms with Crippen molar-refractivity contribution in [2.24, 2.45) is 34.5 Å². The van der Waals surface area contributed by atoms with E-state index in [0.717, 1.165) is 25.9 Å². The molecular weight excluding hydrogens is 594 g/mol. The summed E-state index contributed by atoms with van der Waals surface area (Å²) >= 11 is 0. The lowest BCUT2D eigenvalue weighted by atomic mass is 9.43. The molecule has 1 spiro atoms. The van der Waals surface area contributed by atoms with Gasteiger partial charge in [-0.15, -0.1) is 0 Å². The zero-order valence-corrected chi connectivity index (χ0v) is 28.0. The highest BCUT2D eigenvalue weighted by Crippen LogP contribution is 2.80. The molecule has 6 aliphatic rings. The van der Waals surface area contributed by atoms with Gasteiger partial charge in [0.25, 0.3) is 0 Å².